The first kappa shape index (κ1) is 11.7. The van der Waals surface area contributed by atoms with Crippen molar-refractivity contribution in [2.45, 2.75) is 11.9 Å². The van der Waals surface area contributed by atoms with Crippen molar-refractivity contribution < 1.29 is 0 Å². The molecule has 0 fully saturated rings. The normalized spacial score (nSPS) is 13.2. The predicted molar refractivity (Wildman–Crippen MR) is 78.7 cm³/mol. The fourth-order valence-electron chi connectivity index (χ4n) is 2.91. The Morgan fingerprint density at radius 3 is 2.10 bits per heavy atom. The van der Waals surface area contributed by atoms with E-state index in [2.05, 4.69) is 58.8 Å². The van der Waals surface area contributed by atoms with Crippen LogP contribution in [0.2, 0.25) is 0 Å². The van der Waals surface area contributed by atoms with Gasteiger partial charge < -0.3 is 0 Å². The second kappa shape index (κ2) is 4.46. The lowest BCUT2D eigenvalue weighted by molar-refractivity contribution is 0.580. The van der Waals surface area contributed by atoms with Crippen LogP contribution in [-0.2, 0) is 5.88 Å². The smallest absolute Gasteiger partial charge is 0.105 e. The van der Waals surface area contributed by atoms with Crippen LogP contribution in [0.15, 0.2) is 54.7 Å². The monoisotopic (exact) mass is 281 g/mol. The Balaban J connectivity index is 1.95. The maximum atomic E-state index is 5.83. The Hall–Kier alpha value is -2.13. The predicted octanol–water partition coefficient (Wildman–Crippen LogP) is 3.64. The van der Waals surface area contributed by atoms with Gasteiger partial charge in [0, 0.05) is 0 Å². The molecular formula is C16H12ClN3. The van der Waals surface area contributed by atoms with E-state index in [4.69, 9.17) is 11.6 Å². The molecule has 0 atom stereocenters. The zero-order valence-corrected chi connectivity index (χ0v) is 11.5. The number of benzene rings is 2. The number of nitrogens with zero attached hydrogens (tertiary/aromatic N) is 3. The molecule has 2 aromatic carbocycles. The SMILES string of the molecule is ClCc1cn(C2c3ccccc3-c3ccccc32)nn1. The number of halogens is 1. The third kappa shape index (κ3) is 1.60. The van der Waals surface area contributed by atoms with Gasteiger partial charge in [0.2, 0.25) is 0 Å². The first-order valence-electron chi connectivity index (χ1n) is 6.53. The molecule has 0 saturated heterocycles. The minimum atomic E-state index is 0.0897. The van der Waals surface area contributed by atoms with Crippen LogP contribution in [0.25, 0.3) is 11.1 Å². The highest BCUT2D eigenvalue weighted by molar-refractivity contribution is 6.16. The third-order valence-electron chi connectivity index (χ3n) is 3.76. The van der Waals surface area contributed by atoms with Crippen molar-refractivity contribution in [3.8, 4) is 11.1 Å². The van der Waals surface area contributed by atoms with Gasteiger partial charge in [-0.1, -0.05) is 53.7 Å². The number of alkyl halides is 1. The van der Waals surface area contributed by atoms with Crippen molar-refractivity contribution in [1.82, 2.24) is 15.0 Å². The van der Waals surface area contributed by atoms with Gasteiger partial charge in [0.1, 0.15) is 6.04 Å². The summed E-state index contributed by atoms with van der Waals surface area (Å²) < 4.78 is 1.91. The summed E-state index contributed by atoms with van der Waals surface area (Å²) in [4.78, 5) is 0. The number of rotatable bonds is 2. The van der Waals surface area contributed by atoms with Crippen LogP contribution in [0.4, 0.5) is 0 Å². The molecule has 0 aliphatic heterocycles. The van der Waals surface area contributed by atoms with E-state index >= 15 is 0 Å². The Morgan fingerprint density at radius 1 is 0.950 bits per heavy atom. The first-order valence-corrected chi connectivity index (χ1v) is 7.07. The summed E-state index contributed by atoms with van der Waals surface area (Å²) in [5, 5.41) is 8.36. The van der Waals surface area contributed by atoms with Crippen molar-refractivity contribution in [3.05, 3.63) is 71.5 Å². The van der Waals surface area contributed by atoms with Gasteiger partial charge in [-0.25, -0.2) is 4.68 Å². The molecule has 1 aromatic heterocycles. The van der Waals surface area contributed by atoms with E-state index in [1.165, 1.54) is 22.3 Å². The van der Waals surface area contributed by atoms with Gasteiger partial charge in [0.05, 0.1) is 17.8 Å². The molecule has 1 heterocycles. The minimum absolute atomic E-state index is 0.0897. The van der Waals surface area contributed by atoms with Crippen molar-refractivity contribution in [1.29, 1.82) is 0 Å². The molecule has 1 aliphatic rings. The number of hydrogen-bond donors (Lipinski definition) is 0. The Kier molecular flexibility index (Phi) is 2.60. The molecule has 4 heteroatoms. The van der Waals surface area contributed by atoms with E-state index < -0.39 is 0 Å². The van der Waals surface area contributed by atoms with Crippen LogP contribution in [0.3, 0.4) is 0 Å². The lowest BCUT2D eigenvalue weighted by atomic mass is 10.1. The van der Waals surface area contributed by atoms with Crippen molar-refractivity contribution in [3.63, 3.8) is 0 Å². The van der Waals surface area contributed by atoms with Crippen LogP contribution in [0.1, 0.15) is 22.9 Å². The van der Waals surface area contributed by atoms with E-state index in [1.54, 1.807) is 0 Å². The summed E-state index contributed by atoms with van der Waals surface area (Å²) in [6, 6.07) is 17.0. The fraction of sp³-hybridized carbons (Fsp3) is 0.125. The molecule has 3 aromatic rings. The van der Waals surface area contributed by atoms with Gasteiger partial charge in [-0.3, -0.25) is 0 Å². The van der Waals surface area contributed by atoms with Crippen molar-refractivity contribution in [2.75, 3.05) is 0 Å². The molecular weight excluding hydrogens is 270 g/mol. The Labute approximate surface area is 121 Å². The molecule has 0 saturated carbocycles. The summed E-state index contributed by atoms with van der Waals surface area (Å²) in [6.45, 7) is 0. The van der Waals surface area contributed by atoms with Crippen LogP contribution in [0, 0.1) is 0 Å². The number of fused-ring (bicyclic) bond motifs is 3. The van der Waals surface area contributed by atoms with Crippen LogP contribution in [0.5, 0.6) is 0 Å². The summed E-state index contributed by atoms with van der Waals surface area (Å²) in [5.41, 5.74) is 5.88. The Morgan fingerprint density at radius 2 is 1.55 bits per heavy atom. The highest BCUT2D eigenvalue weighted by atomic mass is 35.5. The standard InChI is InChI=1S/C16H12ClN3/c17-9-11-10-20(19-18-11)16-14-7-3-1-5-12(14)13-6-2-4-8-15(13)16/h1-8,10,16H,9H2. The molecule has 0 bridgehead atoms. The van der Waals surface area contributed by atoms with Gasteiger partial charge >= 0.3 is 0 Å². The second-order valence-electron chi connectivity index (χ2n) is 4.90. The highest BCUT2D eigenvalue weighted by Gasteiger charge is 2.30. The highest BCUT2D eigenvalue weighted by Crippen LogP contribution is 2.44. The van der Waals surface area contributed by atoms with Crippen LogP contribution in [-0.4, -0.2) is 15.0 Å². The zero-order chi connectivity index (χ0) is 13.5. The van der Waals surface area contributed by atoms with Gasteiger partial charge in [-0.2, -0.15) is 0 Å². The average molecular weight is 282 g/mol. The van der Waals surface area contributed by atoms with E-state index in [-0.39, 0.29) is 6.04 Å². The maximum Gasteiger partial charge on any atom is 0.105 e. The summed E-state index contributed by atoms with van der Waals surface area (Å²) in [6.07, 6.45) is 1.93. The zero-order valence-electron chi connectivity index (χ0n) is 10.7. The lowest BCUT2D eigenvalue weighted by Crippen LogP contribution is -2.10. The summed E-state index contributed by atoms with van der Waals surface area (Å²) >= 11 is 5.83. The van der Waals surface area contributed by atoms with Gasteiger partial charge in [-0.15, -0.1) is 16.7 Å². The molecule has 4 rings (SSSR count). The molecule has 0 amide bonds. The van der Waals surface area contributed by atoms with Gasteiger partial charge in [0.25, 0.3) is 0 Å². The van der Waals surface area contributed by atoms with E-state index in [1.807, 2.05) is 10.9 Å². The second-order valence-corrected chi connectivity index (χ2v) is 5.17. The first-order chi connectivity index (χ1) is 9.88. The molecule has 1 aliphatic carbocycles. The molecule has 0 unspecified atom stereocenters. The lowest BCUT2D eigenvalue weighted by Gasteiger charge is -2.13. The molecule has 3 nitrogen and oxygen atoms in total. The third-order valence-corrected chi connectivity index (χ3v) is 4.03. The molecule has 0 radical (unpaired) electrons. The average Bonchev–Trinajstić information content (AvgIpc) is 3.09. The van der Waals surface area contributed by atoms with Crippen molar-refractivity contribution in [2.24, 2.45) is 0 Å². The Bertz CT molecular complexity index is 733. The minimum Gasteiger partial charge on any atom is -0.240 e. The maximum absolute atomic E-state index is 5.83. The number of hydrogen-bond acceptors (Lipinski definition) is 2. The van der Waals surface area contributed by atoms with Crippen LogP contribution < -0.4 is 0 Å². The van der Waals surface area contributed by atoms with E-state index in [0.29, 0.717) is 5.88 Å². The fourth-order valence-corrected chi connectivity index (χ4v) is 3.04. The quantitative estimate of drug-likeness (QED) is 0.525. The largest absolute Gasteiger partial charge is 0.240 e. The summed E-state index contributed by atoms with van der Waals surface area (Å²) in [7, 11) is 0. The molecule has 0 N–H and O–H groups in total. The van der Waals surface area contributed by atoms with E-state index in [9.17, 15) is 0 Å². The van der Waals surface area contributed by atoms with Crippen LogP contribution >= 0.6 is 11.6 Å². The summed E-state index contributed by atoms with van der Waals surface area (Å²) in [5.74, 6) is 0.385. The van der Waals surface area contributed by atoms with Crippen molar-refractivity contribution >= 4 is 11.6 Å². The topological polar surface area (TPSA) is 30.7 Å². The van der Waals surface area contributed by atoms with E-state index in [0.717, 1.165) is 5.69 Å². The molecule has 0 spiro atoms. The van der Waals surface area contributed by atoms with Gasteiger partial charge in [0.15, 0.2) is 0 Å². The molecule has 20 heavy (non-hydrogen) atoms. The number of aromatic nitrogens is 3. The molecule has 98 valence electrons. The van der Waals surface area contributed by atoms with Gasteiger partial charge in [-0.05, 0) is 22.3 Å².